The number of aromatic carboxylic acids is 1. The van der Waals surface area contributed by atoms with Crippen LogP contribution in [0.15, 0.2) is 71.2 Å². The first-order valence-corrected chi connectivity index (χ1v) is 11.3. The van der Waals surface area contributed by atoms with E-state index >= 15 is 0 Å². The van der Waals surface area contributed by atoms with Crippen molar-refractivity contribution in [3.8, 4) is 5.75 Å². The van der Waals surface area contributed by atoms with Crippen LogP contribution in [0.3, 0.4) is 0 Å². The largest absolute Gasteiger partial charge is 0.488 e. The Bertz CT molecular complexity index is 1160. The predicted octanol–water partition coefficient (Wildman–Crippen LogP) is 5.09. The number of carboxylic acids is 1. The molecule has 0 fully saturated rings. The molecule has 0 spiro atoms. The van der Waals surface area contributed by atoms with Gasteiger partial charge in [-0.1, -0.05) is 36.4 Å². The van der Waals surface area contributed by atoms with Crippen molar-refractivity contribution >= 4 is 17.5 Å². The maximum Gasteiger partial charge on any atom is 0.339 e. The van der Waals surface area contributed by atoms with Crippen molar-refractivity contribution in [1.82, 2.24) is 0 Å². The quantitative estimate of drug-likeness (QED) is 0.691. The van der Waals surface area contributed by atoms with E-state index in [0.29, 0.717) is 66.8 Å². The minimum absolute atomic E-state index is 0.00531. The molecule has 1 aliphatic heterocycles. The summed E-state index contributed by atoms with van der Waals surface area (Å²) in [5.41, 5.74) is 2.54. The van der Waals surface area contributed by atoms with Gasteiger partial charge in [0.05, 0.1) is 0 Å². The molecular weight excluding hydrogens is 420 g/mol. The summed E-state index contributed by atoms with van der Waals surface area (Å²) < 4.78 is 11.9. The van der Waals surface area contributed by atoms with Crippen molar-refractivity contribution in [2.45, 2.75) is 51.0 Å². The van der Waals surface area contributed by atoms with Crippen molar-refractivity contribution in [2.24, 2.45) is 0 Å². The Morgan fingerprint density at radius 3 is 2.15 bits per heavy atom. The number of Topliss-reactive ketones (excluding diaryl/α,β-unsaturated/α-hetero) is 2. The Labute approximate surface area is 191 Å². The smallest absolute Gasteiger partial charge is 0.339 e. The summed E-state index contributed by atoms with van der Waals surface area (Å²) >= 11 is 0. The molecule has 0 atom stereocenters. The summed E-state index contributed by atoms with van der Waals surface area (Å²) in [5.74, 6) is -0.279. The van der Waals surface area contributed by atoms with Crippen LogP contribution in [-0.2, 0) is 20.9 Å². The lowest BCUT2D eigenvalue weighted by molar-refractivity contribution is -0.117. The molecule has 2 aromatic carbocycles. The molecule has 2 aromatic rings. The third-order valence-electron chi connectivity index (χ3n) is 6.45. The second-order valence-corrected chi connectivity index (χ2v) is 8.60. The van der Waals surface area contributed by atoms with Gasteiger partial charge in [-0.15, -0.1) is 0 Å². The first-order chi connectivity index (χ1) is 16.0. The first kappa shape index (κ1) is 21.2. The number of ketones is 2. The van der Waals surface area contributed by atoms with Gasteiger partial charge in [0, 0.05) is 42.7 Å². The molecule has 168 valence electrons. The molecule has 5 rings (SSSR count). The van der Waals surface area contributed by atoms with Crippen molar-refractivity contribution in [3.05, 3.63) is 87.9 Å². The molecule has 1 heterocycles. The number of carboxylic acid groups (broad SMARTS) is 1. The second kappa shape index (κ2) is 8.70. The van der Waals surface area contributed by atoms with Gasteiger partial charge >= 0.3 is 5.97 Å². The fourth-order valence-electron chi connectivity index (χ4n) is 4.91. The lowest BCUT2D eigenvalue weighted by Crippen LogP contribution is -2.30. The Hall–Kier alpha value is -3.67. The second-order valence-electron chi connectivity index (χ2n) is 8.60. The van der Waals surface area contributed by atoms with Crippen LogP contribution in [0, 0.1) is 0 Å². The normalized spacial score (nSPS) is 18.5. The van der Waals surface area contributed by atoms with E-state index in [4.69, 9.17) is 9.47 Å². The van der Waals surface area contributed by atoms with Crippen molar-refractivity contribution in [2.75, 3.05) is 0 Å². The number of carbonyl (C=O) groups is 3. The average molecular weight is 444 g/mol. The average Bonchev–Trinajstić information content (AvgIpc) is 2.82. The van der Waals surface area contributed by atoms with Crippen LogP contribution >= 0.6 is 0 Å². The number of hydrogen-bond acceptors (Lipinski definition) is 5. The van der Waals surface area contributed by atoms with Crippen LogP contribution < -0.4 is 4.74 Å². The zero-order valence-corrected chi connectivity index (χ0v) is 18.1. The van der Waals surface area contributed by atoms with E-state index < -0.39 is 11.9 Å². The zero-order chi connectivity index (χ0) is 22.9. The lowest BCUT2D eigenvalue weighted by Gasteiger charge is -2.36. The summed E-state index contributed by atoms with van der Waals surface area (Å²) in [6, 6.07) is 14.4. The van der Waals surface area contributed by atoms with Crippen LogP contribution in [-0.4, -0.2) is 22.6 Å². The highest BCUT2D eigenvalue weighted by atomic mass is 16.5. The molecule has 0 aromatic heterocycles. The Kier molecular flexibility index (Phi) is 5.58. The highest BCUT2D eigenvalue weighted by molar-refractivity contribution is 6.06. The van der Waals surface area contributed by atoms with Gasteiger partial charge in [0.15, 0.2) is 11.6 Å². The number of carbonyl (C=O) groups excluding carboxylic acids is 2. The van der Waals surface area contributed by atoms with Crippen LogP contribution in [0.4, 0.5) is 0 Å². The minimum atomic E-state index is -1.12. The van der Waals surface area contributed by atoms with Gasteiger partial charge in [-0.25, -0.2) is 4.79 Å². The van der Waals surface area contributed by atoms with Gasteiger partial charge in [-0.3, -0.25) is 9.59 Å². The van der Waals surface area contributed by atoms with Gasteiger partial charge in [-0.2, -0.15) is 0 Å². The van der Waals surface area contributed by atoms with E-state index in [1.165, 1.54) is 6.07 Å². The van der Waals surface area contributed by atoms with Crippen molar-refractivity contribution in [3.63, 3.8) is 0 Å². The number of benzene rings is 2. The van der Waals surface area contributed by atoms with E-state index in [0.717, 1.165) is 5.56 Å². The maximum atomic E-state index is 12.9. The fraction of sp³-hybridized carbons (Fsp3) is 0.296. The molecule has 2 aliphatic carbocycles. The van der Waals surface area contributed by atoms with Crippen LogP contribution in [0.25, 0.3) is 0 Å². The molecule has 0 bridgehead atoms. The molecular formula is C27H24O6. The third kappa shape index (κ3) is 3.97. The summed E-state index contributed by atoms with van der Waals surface area (Å²) in [7, 11) is 0. The lowest BCUT2D eigenvalue weighted by atomic mass is 9.73. The first-order valence-electron chi connectivity index (χ1n) is 11.3. The van der Waals surface area contributed by atoms with Gasteiger partial charge in [0.2, 0.25) is 0 Å². The van der Waals surface area contributed by atoms with Crippen LogP contribution in [0.2, 0.25) is 0 Å². The molecule has 6 heteroatoms. The molecule has 0 saturated carbocycles. The van der Waals surface area contributed by atoms with E-state index in [1.807, 2.05) is 30.3 Å². The summed E-state index contributed by atoms with van der Waals surface area (Å²) in [6.45, 7) is 0.235. The predicted molar refractivity (Wildman–Crippen MR) is 120 cm³/mol. The molecule has 1 N–H and O–H groups in total. The topological polar surface area (TPSA) is 89.9 Å². The highest BCUT2D eigenvalue weighted by Gasteiger charge is 2.42. The number of hydrogen-bond donors (Lipinski definition) is 1. The fourth-order valence-corrected chi connectivity index (χ4v) is 4.91. The SMILES string of the molecule is O=C1CCCC2=C1C(c1ccc(OCc3ccccc3)c(C(=O)O)c1)C1=C(CCCC1=O)O2. The number of ether oxygens (including phenoxy) is 2. The summed E-state index contributed by atoms with van der Waals surface area (Å²) in [4.78, 5) is 38.0. The minimum Gasteiger partial charge on any atom is -0.488 e. The molecule has 0 radical (unpaired) electrons. The molecule has 6 nitrogen and oxygen atoms in total. The van der Waals surface area contributed by atoms with Gasteiger partial charge in [0.25, 0.3) is 0 Å². The number of rotatable bonds is 5. The standard InChI is InChI=1S/C27H24O6/c28-19-8-4-10-22-25(19)24(26-20(29)9-5-11-23(26)33-22)17-12-13-21(18(14-17)27(30)31)32-15-16-6-2-1-3-7-16/h1-3,6-7,12-14,24H,4-5,8-11,15H2,(H,30,31). The Morgan fingerprint density at radius 2 is 1.55 bits per heavy atom. The maximum absolute atomic E-state index is 12.9. The molecule has 33 heavy (non-hydrogen) atoms. The molecule has 0 saturated heterocycles. The Morgan fingerprint density at radius 1 is 0.909 bits per heavy atom. The molecule has 3 aliphatic rings. The molecule has 0 unspecified atom stereocenters. The van der Waals surface area contributed by atoms with Gasteiger partial charge in [0.1, 0.15) is 29.4 Å². The van der Waals surface area contributed by atoms with Gasteiger partial charge < -0.3 is 14.6 Å². The summed E-state index contributed by atoms with van der Waals surface area (Å²) in [6.07, 6.45) is 3.53. The highest BCUT2D eigenvalue weighted by Crippen LogP contribution is 2.48. The van der Waals surface area contributed by atoms with E-state index in [2.05, 4.69) is 0 Å². The number of allylic oxidation sites excluding steroid dienone is 4. The van der Waals surface area contributed by atoms with Gasteiger partial charge in [-0.05, 0) is 36.1 Å². The van der Waals surface area contributed by atoms with Crippen LogP contribution in [0.1, 0.15) is 65.9 Å². The molecule has 0 amide bonds. The van der Waals surface area contributed by atoms with Crippen molar-refractivity contribution < 1.29 is 29.0 Å². The van der Waals surface area contributed by atoms with Crippen molar-refractivity contribution in [1.29, 1.82) is 0 Å². The van der Waals surface area contributed by atoms with E-state index in [9.17, 15) is 19.5 Å². The Balaban J connectivity index is 1.56. The van der Waals surface area contributed by atoms with E-state index in [-0.39, 0.29) is 29.5 Å². The monoisotopic (exact) mass is 444 g/mol. The van der Waals surface area contributed by atoms with E-state index in [1.54, 1.807) is 12.1 Å². The summed E-state index contributed by atoms with van der Waals surface area (Å²) in [5, 5.41) is 9.89. The zero-order valence-electron chi connectivity index (χ0n) is 18.1. The van der Waals surface area contributed by atoms with Crippen LogP contribution in [0.5, 0.6) is 5.75 Å². The third-order valence-corrected chi connectivity index (χ3v) is 6.45.